The number of aromatic carboxylic acids is 1. The molecule has 0 saturated carbocycles. The van der Waals surface area contributed by atoms with Gasteiger partial charge in [0.15, 0.2) is 5.56 Å². The predicted octanol–water partition coefficient (Wildman–Crippen LogP) is 0.812. The van der Waals surface area contributed by atoms with E-state index in [1.165, 1.54) is 7.05 Å². The SMILES string of the molecule is Cn1ncc(C(=O)O)c1[N+](=O)[O-].NC(=O)c1ccccc1. The van der Waals surface area contributed by atoms with Gasteiger partial charge in [0.1, 0.15) is 7.05 Å². The van der Waals surface area contributed by atoms with Crippen LogP contribution >= 0.6 is 0 Å². The molecule has 0 radical (unpaired) electrons. The minimum absolute atomic E-state index is 0.379. The fourth-order valence-electron chi connectivity index (χ4n) is 1.40. The lowest BCUT2D eigenvalue weighted by atomic mass is 10.2. The Hall–Kier alpha value is -3.23. The number of amides is 1. The molecular formula is C12H12N4O5. The first-order valence-corrected chi connectivity index (χ1v) is 5.59. The van der Waals surface area contributed by atoms with Gasteiger partial charge in [-0.3, -0.25) is 4.79 Å². The Morgan fingerprint density at radius 1 is 1.33 bits per heavy atom. The number of aryl methyl sites for hydroxylation is 1. The van der Waals surface area contributed by atoms with Crippen LogP contribution in [0.1, 0.15) is 20.7 Å². The van der Waals surface area contributed by atoms with Crippen LogP contribution in [0.5, 0.6) is 0 Å². The maximum atomic E-state index is 10.4. The minimum atomic E-state index is -1.35. The second-order valence-electron chi connectivity index (χ2n) is 3.80. The summed E-state index contributed by atoms with van der Waals surface area (Å²) in [6.07, 6.45) is 0.945. The summed E-state index contributed by atoms with van der Waals surface area (Å²) in [4.78, 5) is 30.3. The van der Waals surface area contributed by atoms with Crippen LogP contribution in [0.4, 0.5) is 5.82 Å². The molecule has 0 unspecified atom stereocenters. The van der Waals surface area contributed by atoms with Gasteiger partial charge in [0.25, 0.3) is 0 Å². The van der Waals surface area contributed by atoms with Crippen LogP contribution in [0.25, 0.3) is 0 Å². The van der Waals surface area contributed by atoms with E-state index in [9.17, 15) is 19.7 Å². The largest absolute Gasteiger partial charge is 0.477 e. The fourth-order valence-corrected chi connectivity index (χ4v) is 1.40. The van der Waals surface area contributed by atoms with Crippen LogP contribution in [0, 0.1) is 10.1 Å². The maximum absolute atomic E-state index is 10.4. The lowest BCUT2D eigenvalue weighted by Gasteiger charge is -1.93. The Bertz CT molecular complexity index is 666. The second kappa shape index (κ2) is 6.80. The lowest BCUT2D eigenvalue weighted by Crippen LogP contribution is -2.09. The zero-order chi connectivity index (χ0) is 16.0. The first kappa shape index (κ1) is 15.8. The van der Waals surface area contributed by atoms with E-state index in [0.29, 0.717) is 5.56 Å². The molecule has 0 atom stereocenters. The zero-order valence-corrected chi connectivity index (χ0v) is 11.0. The number of nitrogens with zero attached hydrogens (tertiary/aromatic N) is 3. The number of hydrogen-bond acceptors (Lipinski definition) is 5. The average molecular weight is 292 g/mol. The van der Waals surface area contributed by atoms with Crippen LogP contribution in [-0.2, 0) is 7.05 Å². The smallest absolute Gasteiger partial charge is 0.359 e. The molecule has 110 valence electrons. The maximum Gasteiger partial charge on any atom is 0.359 e. The lowest BCUT2D eigenvalue weighted by molar-refractivity contribution is -0.392. The number of nitro groups is 1. The molecule has 2 aromatic rings. The van der Waals surface area contributed by atoms with Crippen LogP contribution in [0.2, 0.25) is 0 Å². The molecule has 21 heavy (non-hydrogen) atoms. The summed E-state index contributed by atoms with van der Waals surface area (Å²) in [5, 5.41) is 22.2. The minimum Gasteiger partial charge on any atom is -0.477 e. The highest BCUT2D eigenvalue weighted by Crippen LogP contribution is 2.15. The summed E-state index contributed by atoms with van der Waals surface area (Å²) in [6, 6.07) is 8.76. The van der Waals surface area contributed by atoms with Gasteiger partial charge in [0.05, 0.1) is 6.20 Å². The molecule has 0 aliphatic heterocycles. The van der Waals surface area contributed by atoms with Crippen molar-refractivity contribution < 1.29 is 19.6 Å². The van der Waals surface area contributed by atoms with Gasteiger partial charge in [-0.1, -0.05) is 23.3 Å². The molecule has 0 aliphatic carbocycles. The standard InChI is InChI=1S/C7H7NO.C5H5N3O4/c8-7(9)6-4-2-1-3-5-6;1-7-4(8(11)12)3(2-6-7)5(9)10/h1-5H,(H2,8,9);2H,1H3,(H,9,10). The van der Waals surface area contributed by atoms with E-state index in [2.05, 4.69) is 5.10 Å². The van der Waals surface area contributed by atoms with Gasteiger partial charge in [-0.15, -0.1) is 4.68 Å². The molecule has 0 aliphatic rings. The molecule has 0 bridgehead atoms. The van der Waals surface area contributed by atoms with Crippen molar-refractivity contribution in [3.63, 3.8) is 0 Å². The molecule has 0 saturated heterocycles. The second-order valence-corrected chi connectivity index (χ2v) is 3.80. The van der Waals surface area contributed by atoms with Gasteiger partial charge in [0.2, 0.25) is 5.91 Å². The van der Waals surface area contributed by atoms with Gasteiger partial charge in [-0.05, 0) is 17.1 Å². The molecule has 9 nitrogen and oxygen atoms in total. The van der Waals surface area contributed by atoms with Crippen molar-refractivity contribution in [2.24, 2.45) is 12.8 Å². The summed E-state index contributed by atoms with van der Waals surface area (Å²) in [6.45, 7) is 0. The Balaban J connectivity index is 0.000000219. The molecule has 1 amide bonds. The van der Waals surface area contributed by atoms with E-state index in [0.717, 1.165) is 10.9 Å². The molecule has 0 spiro atoms. The number of nitrogens with two attached hydrogens (primary N) is 1. The number of carbonyl (C=O) groups is 2. The third kappa shape index (κ3) is 4.13. The normalized spacial score (nSPS) is 9.38. The molecule has 3 N–H and O–H groups in total. The van der Waals surface area contributed by atoms with E-state index in [4.69, 9.17) is 10.8 Å². The summed E-state index contributed by atoms with van der Waals surface area (Å²) in [5.74, 6) is -2.24. The van der Waals surface area contributed by atoms with Crippen LogP contribution in [0.3, 0.4) is 0 Å². The van der Waals surface area contributed by atoms with Crippen molar-refractivity contribution in [3.8, 4) is 0 Å². The van der Waals surface area contributed by atoms with Gasteiger partial charge in [0, 0.05) is 5.56 Å². The highest BCUT2D eigenvalue weighted by Gasteiger charge is 2.24. The molecule has 1 aromatic carbocycles. The monoisotopic (exact) mass is 292 g/mol. The number of carboxylic acids is 1. The van der Waals surface area contributed by atoms with Crippen LogP contribution < -0.4 is 5.73 Å². The number of aromatic nitrogens is 2. The zero-order valence-electron chi connectivity index (χ0n) is 11.0. The molecular weight excluding hydrogens is 280 g/mol. The van der Waals surface area contributed by atoms with Crippen molar-refractivity contribution in [1.29, 1.82) is 0 Å². The highest BCUT2D eigenvalue weighted by atomic mass is 16.6. The first-order chi connectivity index (χ1) is 9.84. The van der Waals surface area contributed by atoms with E-state index < -0.39 is 22.3 Å². The quantitative estimate of drug-likeness (QED) is 0.633. The molecule has 1 aromatic heterocycles. The highest BCUT2D eigenvalue weighted by molar-refractivity contribution is 5.92. The predicted molar refractivity (Wildman–Crippen MR) is 71.8 cm³/mol. The summed E-state index contributed by atoms with van der Waals surface area (Å²) in [5.41, 5.74) is 5.13. The topological polar surface area (TPSA) is 141 Å². The Labute approximate surface area is 118 Å². The van der Waals surface area contributed by atoms with E-state index in [1.54, 1.807) is 24.3 Å². The van der Waals surface area contributed by atoms with Gasteiger partial charge in [-0.2, -0.15) is 0 Å². The Kier molecular flexibility index (Phi) is 5.12. The van der Waals surface area contributed by atoms with Crippen molar-refractivity contribution in [1.82, 2.24) is 9.78 Å². The summed E-state index contributed by atoms with van der Waals surface area (Å²) in [7, 11) is 1.31. The molecule has 1 heterocycles. The number of primary amides is 1. The molecule has 9 heteroatoms. The van der Waals surface area contributed by atoms with Crippen molar-refractivity contribution >= 4 is 17.7 Å². The Morgan fingerprint density at radius 3 is 2.24 bits per heavy atom. The number of benzene rings is 1. The molecule has 0 fully saturated rings. The first-order valence-electron chi connectivity index (χ1n) is 5.59. The van der Waals surface area contributed by atoms with Gasteiger partial charge < -0.3 is 21.0 Å². The number of carbonyl (C=O) groups excluding carboxylic acids is 1. The average Bonchev–Trinajstić information content (AvgIpc) is 2.82. The van der Waals surface area contributed by atoms with Crippen molar-refractivity contribution in [3.05, 3.63) is 57.8 Å². The number of carboxylic acid groups (broad SMARTS) is 1. The summed E-state index contributed by atoms with van der Waals surface area (Å²) < 4.78 is 0.906. The van der Waals surface area contributed by atoms with Gasteiger partial charge in [-0.25, -0.2) is 4.79 Å². The van der Waals surface area contributed by atoms with Crippen LogP contribution in [-0.4, -0.2) is 31.7 Å². The van der Waals surface area contributed by atoms with Gasteiger partial charge >= 0.3 is 11.8 Å². The number of hydrogen-bond donors (Lipinski definition) is 2. The summed E-state index contributed by atoms with van der Waals surface area (Å²) >= 11 is 0. The fraction of sp³-hybridized carbons (Fsp3) is 0.0833. The number of rotatable bonds is 3. The van der Waals surface area contributed by atoms with E-state index >= 15 is 0 Å². The van der Waals surface area contributed by atoms with E-state index in [1.807, 2.05) is 6.07 Å². The third-order valence-electron chi connectivity index (χ3n) is 2.37. The van der Waals surface area contributed by atoms with E-state index in [-0.39, 0.29) is 5.91 Å². The molecule has 2 rings (SSSR count). The van der Waals surface area contributed by atoms with Crippen molar-refractivity contribution in [2.45, 2.75) is 0 Å². The van der Waals surface area contributed by atoms with Crippen molar-refractivity contribution in [2.75, 3.05) is 0 Å². The van der Waals surface area contributed by atoms with Crippen LogP contribution in [0.15, 0.2) is 36.5 Å². The third-order valence-corrected chi connectivity index (χ3v) is 2.37. The Morgan fingerprint density at radius 2 is 1.90 bits per heavy atom.